The summed E-state index contributed by atoms with van der Waals surface area (Å²) in [7, 11) is -2.49. The van der Waals surface area contributed by atoms with Crippen LogP contribution in [0.5, 0.6) is 0 Å². The number of hydrogen-bond acceptors (Lipinski definition) is 5. The second-order valence-corrected chi connectivity index (χ2v) is 18.6. The van der Waals surface area contributed by atoms with Crippen LogP contribution >= 0.6 is 0 Å². The number of ether oxygens (including phenoxy) is 2. The lowest BCUT2D eigenvalue weighted by Gasteiger charge is -2.37. The summed E-state index contributed by atoms with van der Waals surface area (Å²) in [6, 6.07) is 0.919. The Kier molecular flexibility index (Phi) is 9.76. The highest BCUT2D eigenvalue weighted by Crippen LogP contribution is 2.24. The van der Waals surface area contributed by atoms with Gasteiger partial charge >= 0.3 is 17.1 Å². The highest BCUT2D eigenvalue weighted by molar-refractivity contribution is 6.86. The summed E-state index contributed by atoms with van der Waals surface area (Å²) >= 11 is 0. The fourth-order valence-electron chi connectivity index (χ4n) is 2.21. The van der Waals surface area contributed by atoms with E-state index >= 15 is 0 Å². The minimum atomic E-state index is -2.18. The Hall–Kier alpha value is 0.451. The first-order chi connectivity index (χ1) is 9.54. The Labute approximate surface area is 133 Å². The fraction of sp³-hybridized carbons (Fsp3) is 1.00. The summed E-state index contributed by atoms with van der Waals surface area (Å²) in [5.74, 6) is 0. The Morgan fingerprint density at radius 2 is 1.38 bits per heavy atom. The van der Waals surface area contributed by atoms with E-state index in [0.29, 0.717) is 13.2 Å². The Morgan fingerprint density at radius 1 is 0.762 bits per heavy atom. The second-order valence-electron chi connectivity index (χ2n) is 6.76. The molecule has 0 saturated carbocycles. The van der Waals surface area contributed by atoms with Crippen molar-refractivity contribution in [1.29, 1.82) is 0 Å². The fourth-order valence-corrected chi connectivity index (χ4v) is 14.5. The molecule has 0 amide bonds. The zero-order valence-corrected chi connectivity index (χ0v) is 18.1. The van der Waals surface area contributed by atoms with E-state index in [9.17, 15) is 0 Å². The third kappa shape index (κ3) is 11.6. The van der Waals surface area contributed by atoms with E-state index < -0.39 is 25.4 Å². The van der Waals surface area contributed by atoms with E-state index in [-0.39, 0.29) is 0 Å². The molecule has 0 aromatic heterocycles. The molecular formula is C13H34O5Si3. The van der Waals surface area contributed by atoms with Crippen molar-refractivity contribution < 1.29 is 22.1 Å². The van der Waals surface area contributed by atoms with Crippen molar-refractivity contribution in [2.45, 2.75) is 51.7 Å². The molecule has 0 radical (unpaired) electrons. The van der Waals surface area contributed by atoms with Gasteiger partial charge in [-0.3, -0.25) is 0 Å². The summed E-state index contributed by atoms with van der Waals surface area (Å²) in [6.45, 7) is 14.9. The maximum absolute atomic E-state index is 6.37. The lowest BCUT2D eigenvalue weighted by atomic mass is 10.5. The molecule has 0 bridgehead atoms. The van der Waals surface area contributed by atoms with Gasteiger partial charge in [0.25, 0.3) is 0 Å². The van der Waals surface area contributed by atoms with Gasteiger partial charge in [0.15, 0.2) is 8.32 Å². The number of rotatable bonds is 12. The van der Waals surface area contributed by atoms with Crippen molar-refractivity contribution in [3.8, 4) is 0 Å². The van der Waals surface area contributed by atoms with Gasteiger partial charge in [-0.05, 0) is 51.7 Å². The molecule has 0 aliphatic rings. The number of methoxy groups -OCH3 is 1. The van der Waals surface area contributed by atoms with Crippen molar-refractivity contribution in [2.75, 3.05) is 34.0 Å². The smallest absolute Gasteiger partial charge is 0.325 e. The molecule has 1 atom stereocenters. The largest absolute Gasteiger partial charge is 0.437 e. The molecule has 128 valence electrons. The summed E-state index contributed by atoms with van der Waals surface area (Å²) in [5, 5.41) is 0. The van der Waals surface area contributed by atoms with Crippen LogP contribution in [0, 0.1) is 0 Å². The maximum atomic E-state index is 6.37. The molecule has 8 heteroatoms. The Bertz CT molecular complexity index is 283. The average molecular weight is 355 g/mol. The summed E-state index contributed by atoms with van der Waals surface area (Å²) in [4.78, 5) is 0. The summed E-state index contributed by atoms with van der Waals surface area (Å²) < 4.78 is 28.8. The van der Waals surface area contributed by atoms with Gasteiger partial charge in [0.05, 0.1) is 13.2 Å². The van der Waals surface area contributed by atoms with E-state index in [4.69, 9.17) is 22.1 Å². The first kappa shape index (κ1) is 21.5. The molecule has 0 saturated heterocycles. The van der Waals surface area contributed by atoms with Crippen LogP contribution < -0.4 is 0 Å². The quantitative estimate of drug-likeness (QED) is 0.397. The van der Waals surface area contributed by atoms with Crippen LogP contribution in [0.3, 0.4) is 0 Å². The topological polar surface area (TPSA) is 46.2 Å². The van der Waals surface area contributed by atoms with Crippen molar-refractivity contribution >= 4 is 25.4 Å². The zero-order chi connectivity index (χ0) is 16.6. The molecule has 0 fully saturated rings. The van der Waals surface area contributed by atoms with Gasteiger partial charge in [-0.25, -0.2) is 0 Å². The third-order valence-electron chi connectivity index (χ3n) is 2.80. The van der Waals surface area contributed by atoms with Crippen LogP contribution in [-0.2, 0) is 22.1 Å². The van der Waals surface area contributed by atoms with Crippen molar-refractivity contribution in [3.05, 3.63) is 0 Å². The minimum absolute atomic E-state index is 0.638. The summed E-state index contributed by atoms with van der Waals surface area (Å²) in [5.41, 5.74) is 0. The highest BCUT2D eigenvalue weighted by atomic mass is 28.5. The molecule has 0 aliphatic heterocycles. The lowest BCUT2D eigenvalue weighted by molar-refractivity contribution is 0.0701. The Balaban J connectivity index is 4.26. The molecule has 0 N–H and O–H groups in total. The van der Waals surface area contributed by atoms with Gasteiger partial charge in [0, 0.05) is 20.8 Å². The minimum Gasteiger partial charge on any atom is -0.437 e. The zero-order valence-electron chi connectivity index (χ0n) is 15.1. The van der Waals surface area contributed by atoms with Gasteiger partial charge < -0.3 is 22.1 Å². The molecule has 21 heavy (non-hydrogen) atoms. The highest BCUT2D eigenvalue weighted by Gasteiger charge is 2.41. The molecule has 0 spiro atoms. The standard InChI is InChI=1S/C13H34O5Si3/c1-14-11-12-16-10-9-13-21(8,15-2)18-20(6,7)17-19(3,4)5/h9-13H2,1-8H3. The Morgan fingerprint density at radius 3 is 1.86 bits per heavy atom. The van der Waals surface area contributed by atoms with Crippen LogP contribution in [0.25, 0.3) is 0 Å². The molecule has 1 unspecified atom stereocenters. The third-order valence-corrected chi connectivity index (χ3v) is 13.0. The summed E-state index contributed by atoms with van der Waals surface area (Å²) in [6.07, 6.45) is 0.942. The second kappa shape index (κ2) is 9.56. The van der Waals surface area contributed by atoms with E-state index in [2.05, 4.69) is 39.3 Å². The predicted molar refractivity (Wildman–Crippen MR) is 93.7 cm³/mol. The van der Waals surface area contributed by atoms with E-state index in [1.54, 1.807) is 14.2 Å². The molecule has 0 aromatic carbocycles. The van der Waals surface area contributed by atoms with E-state index in [1.807, 2.05) is 0 Å². The van der Waals surface area contributed by atoms with Gasteiger partial charge in [-0.15, -0.1) is 0 Å². The molecule has 0 heterocycles. The van der Waals surface area contributed by atoms with Crippen molar-refractivity contribution in [2.24, 2.45) is 0 Å². The van der Waals surface area contributed by atoms with E-state index in [0.717, 1.165) is 19.1 Å². The average Bonchev–Trinajstić information content (AvgIpc) is 2.30. The molecule has 0 aliphatic carbocycles. The van der Waals surface area contributed by atoms with Crippen LogP contribution in [0.4, 0.5) is 0 Å². The monoisotopic (exact) mass is 354 g/mol. The van der Waals surface area contributed by atoms with Crippen molar-refractivity contribution in [1.82, 2.24) is 0 Å². The number of hydrogen-bond donors (Lipinski definition) is 0. The van der Waals surface area contributed by atoms with Crippen LogP contribution in [0.1, 0.15) is 6.42 Å². The van der Waals surface area contributed by atoms with Crippen LogP contribution in [-0.4, -0.2) is 59.5 Å². The van der Waals surface area contributed by atoms with Gasteiger partial charge in [-0.1, -0.05) is 0 Å². The molecule has 5 nitrogen and oxygen atoms in total. The van der Waals surface area contributed by atoms with Gasteiger partial charge in [0.1, 0.15) is 0 Å². The lowest BCUT2D eigenvalue weighted by Crippen LogP contribution is -2.53. The first-order valence-corrected chi connectivity index (χ1v) is 16.3. The van der Waals surface area contributed by atoms with Crippen LogP contribution in [0.2, 0.25) is 45.3 Å². The first-order valence-electron chi connectivity index (χ1n) is 7.56. The molecular weight excluding hydrogens is 320 g/mol. The molecule has 0 rings (SSSR count). The molecule has 0 aromatic rings. The predicted octanol–water partition coefficient (Wildman–Crippen LogP) is 3.33. The SMILES string of the molecule is COCCOCCC[Si](C)(OC)O[Si](C)(C)O[Si](C)(C)C. The normalized spacial score (nSPS) is 16.0. The van der Waals surface area contributed by atoms with Gasteiger partial charge in [-0.2, -0.15) is 0 Å². The van der Waals surface area contributed by atoms with Crippen molar-refractivity contribution in [3.63, 3.8) is 0 Å². The maximum Gasteiger partial charge on any atom is 0.325 e. The van der Waals surface area contributed by atoms with Crippen LogP contribution in [0.15, 0.2) is 0 Å². The van der Waals surface area contributed by atoms with E-state index in [1.165, 1.54) is 0 Å². The van der Waals surface area contributed by atoms with Gasteiger partial charge in [0.2, 0.25) is 0 Å².